The highest BCUT2D eigenvalue weighted by atomic mass is 16.5. The molecule has 26 heavy (non-hydrogen) atoms. The summed E-state index contributed by atoms with van der Waals surface area (Å²) in [6, 6.07) is 10.5. The third-order valence-electron chi connectivity index (χ3n) is 4.93. The average molecular weight is 348 g/mol. The van der Waals surface area contributed by atoms with E-state index in [2.05, 4.69) is 47.0 Å². The minimum Gasteiger partial charge on any atom is -0.371 e. The molecule has 0 radical (unpaired) electrons. The number of hydrogen-bond acceptors (Lipinski definition) is 4. The maximum absolute atomic E-state index is 5.98. The standard InChI is InChI=1S/C21H24N4O/c1-16-11-17(2)19(20(12-16)25-8-4-7-23-25)14-24-9-10-26-21(15-24)18-5-3-6-22-13-18/h3-8,11-13,21H,9-10,14-15H2,1-2H3/t21-/m0/s1. The van der Waals surface area contributed by atoms with Crippen molar-refractivity contribution >= 4 is 0 Å². The van der Waals surface area contributed by atoms with Crippen LogP contribution in [0.3, 0.4) is 0 Å². The molecule has 5 heteroatoms. The van der Waals surface area contributed by atoms with Gasteiger partial charge >= 0.3 is 0 Å². The highest BCUT2D eigenvalue weighted by Crippen LogP contribution is 2.26. The van der Waals surface area contributed by atoms with Crippen LogP contribution in [0.5, 0.6) is 0 Å². The van der Waals surface area contributed by atoms with Crippen molar-refractivity contribution in [1.29, 1.82) is 0 Å². The molecule has 1 aliphatic rings. The third-order valence-corrected chi connectivity index (χ3v) is 4.93. The van der Waals surface area contributed by atoms with Crippen molar-refractivity contribution in [3.63, 3.8) is 0 Å². The number of benzene rings is 1. The van der Waals surface area contributed by atoms with Crippen LogP contribution in [0, 0.1) is 13.8 Å². The smallest absolute Gasteiger partial charge is 0.0967 e. The molecule has 0 spiro atoms. The van der Waals surface area contributed by atoms with E-state index in [1.54, 1.807) is 6.20 Å². The molecule has 5 nitrogen and oxygen atoms in total. The summed E-state index contributed by atoms with van der Waals surface area (Å²) in [7, 11) is 0. The molecule has 0 aliphatic carbocycles. The van der Waals surface area contributed by atoms with Gasteiger partial charge in [0.1, 0.15) is 0 Å². The van der Waals surface area contributed by atoms with Gasteiger partial charge < -0.3 is 4.74 Å². The van der Waals surface area contributed by atoms with Crippen LogP contribution in [0.25, 0.3) is 5.69 Å². The van der Waals surface area contributed by atoms with Crippen LogP contribution < -0.4 is 0 Å². The molecule has 1 aromatic carbocycles. The van der Waals surface area contributed by atoms with Crippen LogP contribution in [0.4, 0.5) is 0 Å². The summed E-state index contributed by atoms with van der Waals surface area (Å²) in [5, 5.41) is 4.45. The summed E-state index contributed by atoms with van der Waals surface area (Å²) in [6.07, 6.45) is 7.62. The molecule has 2 aromatic heterocycles. The number of aryl methyl sites for hydroxylation is 2. The zero-order chi connectivity index (χ0) is 17.9. The number of morpholine rings is 1. The first-order chi connectivity index (χ1) is 12.7. The van der Waals surface area contributed by atoms with Gasteiger partial charge in [0.2, 0.25) is 0 Å². The van der Waals surface area contributed by atoms with E-state index in [0.29, 0.717) is 0 Å². The lowest BCUT2D eigenvalue weighted by Crippen LogP contribution is -2.38. The van der Waals surface area contributed by atoms with Crippen molar-refractivity contribution in [3.8, 4) is 5.69 Å². The molecular weight excluding hydrogens is 324 g/mol. The Morgan fingerprint density at radius 2 is 2.12 bits per heavy atom. The lowest BCUT2D eigenvalue weighted by molar-refractivity contribution is -0.0331. The van der Waals surface area contributed by atoms with Crippen LogP contribution in [0.1, 0.15) is 28.4 Å². The fraction of sp³-hybridized carbons (Fsp3) is 0.333. The second-order valence-corrected chi connectivity index (χ2v) is 6.91. The van der Waals surface area contributed by atoms with Crippen molar-refractivity contribution in [1.82, 2.24) is 19.7 Å². The van der Waals surface area contributed by atoms with Crippen molar-refractivity contribution in [2.75, 3.05) is 19.7 Å². The van der Waals surface area contributed by atoms with Crippen LogP contribution >= 0.6 is 0 Å². The Balaban J connectivity index is 1.59. The van der Waals surface area contributed by atoms with E-state index in [0.717, 1.165) is 37.5 Å². The van der Waals surface area contributed by atoms with E-state index >= 15 is 0 Å². The third kappa shape index (κ3) is 3.54. The Morgan fingerprint density at radius 3 is 2.88 bits per heavy atom. The fourth-order valence-corrected chi connectivity index (χ4v) is 3.63. The number of aromatic nitrogens is 3. The Bertz CT molecular complexity index is 861. The minimum absolute atomic E-state index is 0.0800. The van der Waals surface area contributed by atoms with Gasteiger partial charge in [-0.25, -0.2) is 4.68 Å². The van der Waals surface area contributed by atoms with E-state index < -0.39 is 0 Å². The molecule has 0 bridgehead atoms. The molecule has 3 aromatic rings. The quantitative estimate of drug-likeness (QED) is 0.724. The molecule has 0 N–H and O–H groups in total. The monoisotopic (exact) mass is 348 g/mol. The first-order valence-corrected chi connectivity index (χ1v) is 9.05. The lowest BCUT2D eigenvalue weighted by Gasteiger charge is -2.33. The molecular formula is C21H24N4O. The molecule has 1 atom stereocenters. The van der Waals surface area contributed by atoms with Crippen molar-refractivity contribution in [2.24, 2.45) is 0 Å². The van der Waals surface area contributed by atoms with Gasteiger partial charge in [-0.2, -0.15) is 5.10 Å². The predicted octanol–water partition coefficient (Wildman–Crippen LogP) is 3.46. The Hall–Kier alpha value is -2.50. The molecule has 4 rings (SSSR count). The molecule has 0 unspecified atom stereocenters. The van der Waals surface area contributed by atoms with E-state index in [9.17, 15) is 0 Å². The summed E-state index contributed by atoms with van der Waals surface area (Å²) in [5.74, 6) is 0. The second-order valence-electron chi connectivity index (χ2n) is 6.91. The van der Waals surface area contributed by atoms with Gasteiger partial charge in [-0.1, -0.05) is 12.1 Å². The average Bonchev–Trinajstić information content (AvgIpc) is 3.19. The summed E-state index contributed by atoms with van der Waals surface area (Å²) in [5.41, 5.74) is 6.19. The summed E-state index contributed by atoms with van der Waals surface area (Å²) in [6.45, 7) is 7.76. The van der Waals surface area contributed by atoms with Crippen molar-refractivity contribution in [3.05, 3.63) is 77.4 Å². The number of hydrogen-bond donors (Lipinski definition) is 0. The zero-order valence-corrected chi connectivity index (χ0v) is 15.3. The van der Waals surface area contributed by atoms with Gasteiger partial charge in [0.15, 0.2) is 0 Å². The van der Waals surface area contributed by atoms with E-state index in [1.165, 1.54) is 16.7 Å². The van der Waals surface area contributed by atoms with Gasteiger partial charge in [0, 0.05) is 50.0 Å². The van der Waals surface area contributed by atoms with Gasteiger partial charge in [0.25, 0.3) is 0 Å². The molecule has 0 saturated carbocycles. The van der Waals surface area contributed by atoms with Crippen LogP contribution in [0.15, 0.2) is 55.1 Å². The first-order valence-electron chi connectivity index (χ1n) is 9.05. The summed E-state index contributed by atoms with van der Waals surface area (Å²) in [4.78, 5) is 6.69. The fourth-order valence-electron chi connectivity index (χ4n) is 3.63. The SMILES string of the molecule is Cc1cc(C)c(CN2CCO[C@H](c3cccnc3)C2)c(-n2cccn2)c1. The molecule has 1 fully saturated rings. The number of ether oxygens (including phenoxy) is 1. The van der Waals surface area contributed by atoms with E-state index in [-0.39, 0.29) is 6.10 Å². The normalized spacial score (nSPS) is 18.2. The Morgan fingerprint density at radius 1 is 1.19 bits per heavy atom. The number of nitrogens with zero attached hydrogens (tertiary/aromatic N) is 4. The van der Waals surface area contributed by atoms with Crippen LogP contribution in [-0.2, 0) is 11.3 Å². The van der Waals surface area contributed by atoms with E-state index in [1.807, 2.05) is 35.4 Å². The van der Waals surface area contributed by atoms with Gasteiger partial charge in [0.05, 0.1) is 18.4 Å². The van der Waals surface area contributed by atoms with Crippen molar-refractivity contribution in [2.45, 2.75) is 26.5 Å². The largest absolute Gasteiger partial charge is 0.371 e. The van der Waals surface area contributed by atoms with Crippen LogP contribution in [0.2, 0.25) is 0 Å². The lowest BCUT2D eigenvalue weighted by atomic mass is 10.0. The van der Waals surface area contributed by atoms with Gasteiger partial charge in [-0.3, -0.25) is 9.88 Å². The summed E-state index contributed by atoms with van der Waals surface area (Å²) < 4.78 is 7.95. The van der Waals surface area contributed by atoms with Crippen molar-refractivity contribution < 1.29 is 4.74 Å². The predicted molar refractivity (Wildman–Crippen MR) is 101 cm³/mol. The summed E-state index contributed by atoms with van der Waals surface area (Å²) >= 11 is 0. The zero-order valence-electron chi connectivity index (χ0n) is 15.3. The minimum atomic E-state index is 0.0800. The second kappa shape index (κ2) is 7.40. The molecule has 134 valence electrons. The first kappa shape index (κ1) is 16.9. The topological polar surface area (TPSA) is 43.2 Å². The maximum Gasteiger partial charge on any atom is 0.0967 e. The number of pyridine rings is 1. The molecule has 0 amide bonds. The molecule has 1 saturated heterocycles. The van der Waals surface area contributed by atoms with Gasteiger partial charge in [-0.05, 0) is 48.7 Å². The highest BCUT2D eigenvalue weighted by molar-refractivity contribution is 5.48. The van der Waals surface area contributed by atoms with E-state index in [4.69, 9.17) is 4.74 Å². The molecule has 3 heterocycles. The maximum atomic E-state index is 5.98. The Labute approximate surface area is 154 Å². The molecule has 1 aliphatic heterocycles. The Kier molecular flexibility index (Phi) is 4.82. The van der Waals surface area contributed by atoms with Crippen LogP contribution in [-0.4, -0.2) is 39.4 Å². The number of rotatable bonds is 4. The van der Waals surface area contributed by atoms with Gasteiger partial charge in [-0.15, -0.1) is 0 Å². The highest BCUT2D eigenvalue weighted by Gasteiger charge is 2.23.